The summed E-state index contributed by atoms with van der Waals surface area (Å²) in [4.78, 5) is 9.75. The van der Waals surface area contributed by atoms with Crippen molar-refractivity contribution in [1.29, 1.82) is 0 Å². The Bertz CT molecular complexity index is 1960. The molecular weight excluding hydrogens is 692 g/mol. The van der Waals surface area contributed by atoms with E-state index < -0.39 is 0 Å². The van der Waals surface area contributed by atoms with Crippen LogP contribution in [0.2, 0.25) is 0 Å². The van der Waals surface area contributed by atoms with Gasteiger partial charge in [-0.1, -0.05) is 103 Å². The zero-order chi connectivity index (χ0) is 27.4. The van der Waals surface area contributed by atoms with Crippen LogP contribution in [0.1, 0.15) is 11.3 Å². The van der Waals surface area contributed by atoms with E-state index in [1.165, 1.54) is 11.1 Å². The average molecular weight is 718 g/mol. The van der Waals surface area contributed by atoms with Gasteiger partial charge in [0.1, 0.15) is 0 Å². The maximum absolute atomic E-state index is 5.11. The predicted octanol–water partition coefficient (Wildman–Crippen LogP) is 9.49. The van der Waals surface area contributed by atoms with Crippen LogP contribution < -0.4 is 0 Å². The van der Waals surface area contributed by atoms with Gasteiger partial charge in [-0.15, -0.1) is 23.3 Å². The first-order valence-corrected chi connectivity index (χ1v) is 13.8. The van der Waals surface area contributed by atoms with Crippen LogP contribution in [0.25, 0.3) is 55.5 Å². The van der Waals surface area contributed by atoms with E-state index in [-0.39, 0.29) is 21.1 Å². The quantitative estimate of drug-likeness (QED) is 0.160. The second-order valence-corrected chi connectivity index (χ2v) is 10.1. The molecule has 0 unspecified atom stereocenters. The van der Waals surface area contributed by atoms with Gasteiger partial charge in [0, 0.05) is 29.4 Å². The largest absolute Gasteiger partial charge is 2.00 e. The van der Waals surface area contributed by atoms with Crippen LogP contribution in [0.15, 0.2) is 146 Å². The Morgan fingerprint density at radius 2 is 1.24 bits per heavy atom. The van der Waals surface area contributed by atoms with Gasteiger partial charge >= 0.3 is 21.1 Å². The number of benzene rings is 5. The maximum Gasteiger partial charge on any atom is 2.00 e. The van der Waals surface area contributed by atoms with Crippen LogP contribution in [-0.2, 0) is 27.5 Å². The van der Waals surface area contributed by atoms with Gasteiger partial charge in [0.15, 0.2) is 0 Å². The molecule has 0 spiro atoms. The molecule has 0 aliphatic heterocycles. The summed E-state index contributed by atoms with van der Waals surface area (Å²) in [6.07, 6.45) is 2.56. The SMILES string of the molecule is [Pt+2].[c-]1ccc(-c2ccccc2)cc1-c1[c-]c(-c2cccc(Cc3cccc4cccnc34)n2)cc(-c2ccccc2)c1. The summed E-state index contributed by atoms with van der Waals surface area (Å²) in [6.45, 7) is 0. The second kappa shape index (κ2) is 12.5. The van der Waals surface area contributed by atoms with Crippen molar-refractivity contribution in [1.82, 2.24) is 9.97 Å². The third-order valence-electron chi connectivity index (χ3n) is 7.35. The van der Waals surface area contributed by atoms with Crippen molar-refractivity contribution in [3.05, 3.63) is 169 Å². The van der Waals surface area contributed by atoms with Gasteiger partial charge in [0.2, 0.25) is 0 Å². The number of aromatic nitrogens is 2. The molecule has 0 radical (unpaired) electrons. The number of hydrogen-bond acceptors (Lipinski definition) is 2. The van der Waals surface area contributed by atoms with E-state index in [1.807, 2.05) is 30.5 Å². The molecule has 2 nitrogen and oxygen atoms in total. The smallest absolute Gasteiger partial charge is 0.291 e. The third-order valence-corrected chi connectivity index (χ3v) is 7.35. The van der Waals surface area contributed by atoms with Gasteiger partial charge in [-0.25, -0.2) is 5.56 Å². The molecule has 7 rings (SSSR count). The molecule has 202 valence electrons. The Kier molecular flexibility index (Phi) is 8.17. The van der Waals surface area contributed by atoms with Crippen molar-refractivity contribution >= 4 is 10.9 Å². The van der Waals surface area contributed by atoms with Crippen molar-refractivity contribution in [3.8, 4) is 44.6 Å². The van der Waals surface area contributed by atoms with Gasteiger partial charge < -0.3 is 0 Å². The first-order valence-electron chi connectivity index (χ1n) is 13.8. The number of pyridine rings is 2. The van der Waals surface area contributed by atoms with Crippen LogP contribution in [0, 0.1) is 12.1 Å². The molecular formula is C39H26N2Pt. The van der Waals surface area contributed by atoms with Gasteiger partial charge in [-0.05, 0) is 28.8 Å². The molecule has 0 aliphatic rings. The summed E-state index contributed by atoms with van der Waals surface area (Å²) in [7, 11) is 0. The number of nitrogens with zero attached hydrogens (tertiary/aromatic N) is 2. The van der Waals surface area contributed by atoms with E-state index in [1.54, 1.807) is 0 Å². The molecule has 0 saturated heterocycles. The minimum absolute atomic E-state index is 0. The van der Waals surface area contributed by atoms with Crippen molar-refractivity contribution in [2.75, 3.05) is 0 Å². The molecule has 5 aromatic carbocycles. The molecule has 7 aromatic rings. The zero-order valence-electron chi connectivity index (χ0n) is 22.8. The minimum atomic E-state index is 0. The van der Waals surface area contributed by atoms with E-state index in [2.05, 4.69) is 132 Å². The Morgan fingerprint density at radius 3 is 2.05 bits per heavy atom. The molecule has 42 heavy (non-hydrogen) atoms. The van der Waals surface area contributed by atoms with Crippen LogP contribution in [0.5, 0.6) is 0 Å². The normalized spacial score (nSPS) is 10.8. The maximum atomic E-state index is 5.11. The third kappa shape index (κ3) is 5.86. The summed E-state index contributed by atoms with van der Waals surface area (Å²) in [5, 5.41) is 1.14. The van der Waals surface area contributed by atoms with Crippen molar-refractivity contribution in [2.24, 2.45) is 0 Å². The predicted molar refractivity (Wildman–Crippen MR) is 168 cm³/mol. The summed E-state index contributed by atoms with van der Waals surface area (Å²) in [5.74, 6) is 0. The van der Waals surface area contributed by atoms with E-state index in [4.69, 9.17) is 4.98 Å². The average Bonchev–Trinajstić information content (AvgIpc) is 3.06. The molecule has 0 aliphatic carbocycles. The summed E-state index contributed by atoms with van der Waals surface area (Å²) in [6, 6.07) is 55.4. The van der Waals surface area contributed by atoms with E-state index in [0.29, 0.717) is 6.42 Å². The number of para-hydroxylation sites is 1. The van der Waals surface area contributed by atoms with Gasteiger partial charge in [-0.3, -0.25) is 9.97 Å². The monoisotopic (exact) mass is 717 g/mol. The van der Waals surface area contributed by atoms with Gasteiger partial charge in [-0.2, -0.15) is 35.9 Å². The van der Waals surface area contributed by atoms with Crippen LogP contribution in [0.3, 0.4) is 0 Å². The molecule has 0 amide bonds. The number of hydrogen-bond donors (Lipinski definition) is 0. The fraction of sp³-hybridized carbons (Fsp3) is 0.0256. The Labute approximate surface area is 261 Å². The van der Waals surface area contributed by atoms with E-state index in [9.17, 15) is 0 Å². The number of fused-ring (bicyclic) bond motifs is 1. The van der Waals surface area contributed by atoms with Crippen LogP contribution >= 0.6 is 0 Å². The van der Waals surface area contributed by atoms with E-state index >= 15 is 0 Å². The molecule has 2 aromatic heterocycles. The molecule has 0 fully saturated rings. The van der Waals surface area contributed by atoms with Gasteiger partial charge in [0.25, 0.3) is 0 Å². The molecule has 3 heteroatoms. The molecule has 2 heterocycles. The van der Waals surface area contributed by atoms with Crippen LogP contribution in [-0.4, -0.2) is 9.97 Å². The Morgan fingerprint density at radius 1 is 0.548 bits per heavy atom. The summed E-state index contributed by atoms with van der Waals surface area (Å²) < 4.78 is 0. The van der Waals surface area contributed by atoms with E-state index in [0.717, 1.165) is 55.7 Å². The Hall–Kier alpha value is -4.65. The second-order valence-electron chi connectivity index (χ2n) is 10.1. The van der Waals surface area contributed by atoms with Gasteiger partial charge in [0.05, 0.1) is 5.52 Å². The summed E-state index contributed by atoms with van der Waals surface area (Å²) in [5.41, 5.74) is 11.7. The minimum Gasteiger partial charge on any atom is -0.291 e. The molecule has 0 atom stereocenters. The molecule has 0 N–H and O–H groups in total. The standard InChI is InChI=1S/C39H26N2.Pt/c1-3-11-28(12-4-1)31-16-8-17-32(23-31)35-24-34(29-13-5-2-6-14-29)25-36(26-35)38-21-9-20-37(41-38)27-33-18-7-15-30-19-10-22-40-39(30)33;/h1-16,18-25H,27H2;/q-2;+2. The fourth-order valence-electron chi connectivity index (χ4n) is 5.32. The number of rotatable bonds is 6. The Balaban J connectivity index is 0.00000316. The van der Waals surface area contributed by atoms with Crippen molar-refractivity contribution < 1.29 is 21.1 Å². The van der Waals surface area contributed by atoms with Crippen molar-refractivity contribution in [3.63, 3.8) is 0 Å². The zero-order valence-corrected chi connectivity index (χ0v) is 25.0. The van der Waals surface area contributed by atoms with Crippen molar-refractivity contribution in [2.45, 2.75) is 6.42 Å². The topological polar surface area (TPSA) is 25.8 Å². The first-order chi connectivity index (χ1) is 20.3. The summed E-state index contributed by atoms with van der Waals surface area (Å²) >= 11 is 0. The first kappa shape index (κ1) is 27.5. The molecule has 0 saturated carbocycles. The van der Waals surface area contributed by atoms with Crippen LogP contribution in [0.4, 0.5) is 0 Å². The molecule has 0 bridgehead atoms. The fourth-order valence-corrected chi connectivity index (χ4v) is 5.32.